The maximum absolute atomic E-state index is 3.73. The first-order valence-corrected chi connectivity index (χ1v) is 6.04. The van der Waals surface area contributed by atoms with Gasteiger partial charge in [-0.1, -0.05) is 26.7 Å². The fraction of sp³-hybridized carbons (Fsp3) is 1.00. The van der Waals surface area contributed by atoms with Crippen LogP contribution in [0.15, 0.2) is 0 Å². The Balaban J connectivity index is 2.19. The van der Waals surface area contributed by atoms with Crippen molar-refractivity contribution in [3.05, 3.63) is 0 Å². The molecule has 1 N–H and O–H groups in total. The quantitative estimate of drug-likeness (QED) is 0.622. The van der Waals surface area contributed by atoms with E-state index in [1.807, 2.05) is 0 Å². The van der Waals surface area contributed by atoms with E-state index in [1.165, 1.54) is 38.0 Å². The van der Waals surface area contributed by atoms with Crippen molar-refractivity contribution >= 4 is 11.8 Å². The van der Waals surface area contributed by atoms with Crippen LogP contribution in [0.5, 0.6) is 0 Å². The number of hydrogen-bond donors (Lipinski definition) is 1. The fourth-order valence-electron chi connectivity index (χ4n) is 2.61. The molecule has 0 radical (unpaired) electrons. The van der Waals surface area contributed by atoms with Gasteiger partial charge in [0.05, 0.1) is 4.87 Å². The van der Waals surface area contributed by atoms with Gasteiger partial charge in [-0.15, -0.1) is 11.8 Å². The number of thioether (sulfide) groups is 1. The minimum absolute atomic E-state index is 0.436. The summed E-state index contributed by atoms with van der Waals surface area (Å²) in [6.45, 7) is 6.07. The molecular formula is C10H19NS. The molecule has 1 aliphatic carbocycles. The van der Waals surface area contributed by atoms with E-state index in [4.69, 9.17) is 0 Å². The third-order valence-corrected chi connectivity index (χ3v) is 5.34. The highest BCUT2D eigenvalue weighted by Gasteiger charge is 2.48. The maximum Gasteiger partial charge on any atom is 0.0697 e. The Kier molecular flexibility index (Phi) is 2.16. The summed E-state index contributed by atoms with van der Waals surface area (Å²) in [5, 5.41) is 3.73. The van der Waals surface area contributed by atoms with Crippen molar-refractivity contribution in [3.8, 4) is 0 Å². The van der Waals surface area contributed by atoms with Gasteiger partial charge in [-0.3, -0.25) is 0 Å². The van der Waals surface area contributed by atoms with Gasteiger partial charge < -0.3 is 5.32 Å². The molecule has 1 spiro atoms. The topological polar surface area (TPSA) is 12.0 Å². The zero-order valence-electron chi connectivity index (χ0n) is 8.15. The van der Waals surface area contributed by atoms with E-state index < -0.39 is 0 Å². The Morgan fingerprint density at radius 1 is 1.17 bits per heavy atom. The van der Waals surface area contributed by atoms with Crippen LogP contribution in [-0.2, 0) is 0 Å². The Labute approximate surface area is 79.7 Å². The number of nitrogens with one attached hydrogen (secondary N) is 1. The number of hydrogen-bond acceptors (Lipinski definition) is 2. The van der Waals surface area contributed by atoms with Crippen molar-refractivity contribution in [2.75, 3.05) is 12.3 Å². The normalized spacial score (nSPS) is 40.5. The van der Waals surface area contributed by atoms with E-state index in [9.17, 15) is 0 Å². The Morgan fingerprint density at radius 3 is 2.50 bits per heavy atom. The highest BCUT2D eigenvalue weighted by molar-refractivity contribution is 8.00. The van der Waals surface area contributed by atoms with Crippen molar-refractivity contribution in [3.63, 3.8) is 0 Å². The lowest BCUT2D eigenvalue weighted by Gasteiger charge is -2.47. The van der Waals surface area contributed by atoms with Crippen molar-refractivity contribution in [2.24, 2.45) is 5.41 Å². The van der Waals surface area contributed by atoms with Crippen LogP contribution in [0.1, 0.15) is 39.5 Å². The summed E-state index contributed by atoms with van der Waals surface area (Å²) in [6.07, 6.45) is 5.62. The Hall–Kier alpha value is 0.310. The van der Waals surface area contributed by atoms with E-state index >= 15 is 0 Å². The second-order valence-electron chi connectivity index (χ2n) is 4.69. The van der Waals surface area contributed by atoms with E-state index in [2.05, 4.69) is 30.9 Å². The molecule has 1 nitrogen and oxygen atoms in total. The van der Waals surface area contributed by atoms with Gasteiger partial charge in [-0.2, -0.15) is 0 Å². The van der Waals surface area contributed by atoms with Crippen LogP contribution in [0.2, 0.25) is 0 Å². The highest BCUT2D eigenvalue weighted by Crippen LogP contribution is 2.51. The first-order valence-electron chi connectivity index (χ1n) is 5.05. The summed E-state index contributed by atoms with van der Waals surface area (Å²) >= 11 is 2.16. The first kappa shape index (κ1) is 8.89. The predicted molar refractivity (Wildman–Crippen MR) is 55.4 cm³/mol. The lowest BCUT2D eigenvalue weighted by atomic mass is 9.72. The molecule has 70 valence electrons. The molecule has 2 heteroatoms. The SMILES string of the molecule is CC1(C)CCCCC12NCCS2. The molecule has 0 aromatic heterocycles. The van der Waals surface area contributed by atoms with E-state index in [-0.39, 0.29) is 0 Å². The second-order valence-corrected chi connectivity index (χ2v) is 6.09. The van der Waals surface area contributed by atoms with Gasteiger partial charge in [-0.05, 0) is 18.3 Å². The Bertz CT molecular complexity index is 171. The zero-order valence-corrected chi connectivity index (χ0v) is 8.97. The molecular weight excluding hydrogens is 166 g/mol. The van der Waals surface area contributed by atoms with Crippen molar-refractivity contribution in [1.29, 1.82) is 0 Å². The zero-order chi connectivity index (χ0) is 8.66. The van der Waals surface area contributed by atoms with E-state index in [0.29, 0.717) is 10.3 Å². The molecule has 2 fully saturated rings. The Morgan fingerprint density at radius 2 is 1.92 bits per heavy atom. The smallest absolute Gasteiger partial charge is 0.0697 e. The lowest BCUT2D eigenvalue weighted by molar-refractivity contribution is 0.148. The summed E-state index contributed by atoms with van der Waals surface area (Å²) < 4.78 is 0. The predicted octanol–water partition coefficient (Wildman–Crippen LogP) is 2.62. The van der Waals surface area contributed by atoms with Crippen LogP contribution in [-0.4, -0.2) is 17.2 Å². The van der Waals surface area contributed by atoms with Gasteiger partial charge in [-0.25, -0.2) is 0 Å². The van der Waals surface area contributed by atoms with Gasteiger partial charge in [0, 0.05) is 12.3 Å². The van der Waals surface area contributed by atoms with Crippen molar-refractivity contribution in [2.45, 2.75) is 44.4 Å². The molecule has 0 amide bonds. The molecule has 1 atom stereocenters. The average Bonchev–Trinajstić information content (AvgIpc) is 2.46. The molecule has 1 saturated heterocycles. The molecule has 0 bridgehead atoms. The van der Waals surface area contributed by atoms with Crippen molar-refractivity contribution in [1.82, 2.24) is 5.32 Å². The van der Waals surface area contributed by atoms with Gasteiger partial charge in [0.2, 0.25) is 0 Å². The molecule has 12 heavy (non-hydrogen) atoms. The van der Waals surface area contributed by atoms with Crippen LogP contribution in [0, 0.1) is 5.41 Å². The largest absolute Gasteiger partial charge is 0.302 e. The van der Waals surface area contributed by atoms with Gasteiger partial charge >= 0.3 is 0 Å². The summed E-state index contributed by atoms with van der Waals surface area (Å²) in [5.74, 6) is 1.31. The van der Waals surface area contributed by atoms with Crippen molar-refractivity contribution < 1.29 is 0 Å². The van der Waals surface area contributed by atoms with Crippen LogP contribution >= 0.6 is 11.8 Å². The molecule has 0 aromatic rings. The molecule has 1 saturated carbocycles. The molecule has 2 rings (SSSR count). The maximum atomic E-state index is 3.73. The van der Waals surface area contributed by atoms with Gasteiger partial charge in [0.1, 0.15) is 0 Å². The summed E-state index contributed by atoms with van der Waals surface area (Å²) in [5.41, 5.74) is 0.506. The minimum atomic E-state index is 0.436. The summed E-state index contributed by atoms with van der Waals surface area (Å²) in [6, 6.07) is 0. The number of rotatable bonds is 0. The standard InChI is InChI=1S/C10H19NS/c1-9(2)5-3-4-6-10(9)11-7-8-12-10/h11H,3-8H2,1-2H3. The lowest BCUT2D eigenvalue weighted by Crippen LogP contribution is -2.51. The summed E-state index contributed by atoms with van der Waals surface area (Å²) in [4.78, 5) is 0.436. The third kappa shape index (κ3) is 1.20. The monoisotopic (exact) mass is 185 g/mol. The fourth-order valence-corrected chi connectivity index (χ4v) is 4.14. The summed E-state index contributed by atoms with van der Waals surface area (Å²) in [7, 11) is 0. The third-order valence-electron chi connectivity index (χ3n) is 3.53. The van der Waals surface area contributed by atoms with E-state index in [1.54, 1.807) is 0 Å². The molecule has 1 aliphatic heterocycles. The van der Waals surface area contributed by atoms with Crippen LogP contribution in [0.25, 0.3) is 0 Å². The molecule has 1 unspecified atom stereocenters. The molecule has 1 heterocycles. The first-order chi connectivity index (χ1) is 5.66. The van der Waals surface area contributed by atoms with Gasteiger partial charge in [0.15, 0.2) is 0 Å². The minimum Gasteiger partial charge on any atom is -0.302 e. The molecule has 0 aromatic carbocycles. The molecule has 2 aliphatic rings. The second kappa shape index (κ2) is 2.91. The van der Waals surface area contributed by atoms with Crippen LogP contribution < -0.4 is 5.32 Å². The van der Waals surface area contributed by atoms with Gasteiger partial charge in [0.25, 0.3) is 0 Å². The average molecular weight is 185 g/mol. The van der Waals surface area contributed by atoms with E-state index in [0.717, 1.165) is 0 Å². The van der Waals surface area contributed by atoms with Crippen LogP contribution in [0.3, 0.4) is 0 Å². The highest BCUT2D eigenvalue weighted by atomic mass is 32.2. The van der Waals surface area contributed by atoms with Crippen LogP contribution in [0.4, 0.5) is 0 Å².